The third-order valence-electron chi connectivity index (χ3n) is 4.58. The number of halogens is 1. The summed E-state index contributed by atoms with van der Waals surface area (Å²) < 4.78 is 16.6. The van der Waals surface area contributed by atoms with Crippen molar-refractivity contribution in [2.24, 2.45) is 0 Å². The molecule has 0 aliphatic rings. The van der Waals surface area contributed by atoms with Crippen molar-refractivity contribution in [1.29, 1.82) is 0 Å². The number of hydrogen-bond donors (Lipinski definition) is 0. The van der Waals surface area contributed by atoms with Crippen LogP contribution in [0.25, 0.3) is 10.2 Å². The normalized spacial score (nSPS) is 11.3. The fraction of sp³-hybridized carbons (Fsp3) is 0.227. The summed E-state index contributed by atoms with van der Waals surface area (Å²) in [4.78, 5) is 19.6. The molecule has 4 rings (SSSR count). The monoisotopic (exact) mass is 408 g/mol. The fourth-order valence-corrected chi connectivity index (χ4v) is 4.20. The molecule has 0 spiro atoms. The number of carbonyl (C=O) groups is 1. The number of aryl methyl sites for hydroxylation is 1. The predicted molar refractivity (Wildman–Crippen MR) is 114 cm³/mol. The highest BCUT2D eigenvalue weighted by Gasteiger charge is 2.26. The summed E-state index contributed by atoms with van der Waals surface area (Å²) in [5, 5.41) is 4.93. The van der Waals surface area contributed by atoms with Gasteiger partial charge in [0.05, 0.1) is 16.9 Å². The number of anilines is 1. The summed E-state index contributed by atoms with van der Waals surface area (Å²) in [5.74, 6) is -0.595. The van der Waals surface area contributed by atoms with Crippen LogP contribution in [0.5, 0.6) is 0 Å². The molecule has 0 N–H and O–H groups in total. The number of thiazole rings is 1. The zero-order valence-electron chi connectivity index (χ0n) is 16.5. The number of fused-ring (bicyclic) bond motifs is 1. The lowest BCUT2D eigenvalue weighted by atomic mass is 10.2. The van der Waals surface area contributed by atoms with Gasteiger partial charge in [-0.2, -0.15) is 5.10 Å². The van der Waals surface area contributed by atoms with Crippen molar-refractivity contribution in [1.82, 2.24) is 14.8 Å². The molecule has 0 saturated heterocycles. The summed E-state index contributed by atoms with van der Waals surface area (Å²) in [6.07, 6.45) is 0. The van der Waals surface area contributed by atoms with Crippen LogP contribution in [-0.4, -0.2) is 20.7 Å². The van der Waals surface area contributed by atoms with Crippen LogP contribution in [0.3, 0.4) is 0 Å². The first-order chi connectivity index (χ1) is 13.9. The van der Waals surface area contributed by atoms with Gasteiger partial charge >= 0.3 is 0 Å². The highest BCUT2D eigenvalue weighted by molar-refractivity contribution is 7.22. The largest absolute Gasteiger partial charge is 0.278 e. The Bertz CT molecular complexity index is 1170. The third-order valence-corrected chi connectivity index (χ3v) is 5.63. The third kappa shape index (κ3) is 3.78. The summed E-state index contributed by atoms with van der Waals surface area (Å²) >= 11 is 1.31. The lowest BCUT2D eigenvalue weighted by Crippen LogP contribution is -2.32. The number of aromatic nitrogens is 3. The van der Waals surface area contributed by atoms with Crippen LogP contribution in [0.2, 0.25) is 0 Å². The van der Waals surface area contributed by atoms with Gasteiger partial charge in [0.2, 0.25) is 0 Å². The molecule has 7 heteroatoms. The number of amides is 1. The minimum Gasteiger partial charge on any atom is -0.278 e. The van der Waals surface area contributed by atoms with Gasteiger partial charge in [-0.1, -0.05) is 47.7 Å². The van der Waals surface area contributed by atoms with Crippen LogP contribution in [0.1, 0.15) is 41.6 Å². The number of para-hydroxylation sites is 1. The van der Waals surface area contributed by atoms with E-state index in [1.165, 1.54) is 17.4 Å². The van der Waals surface area contributed by atoms with E-state index in [4.69, 9.17) is 0 Å². The van der Waals surface area contributed by atoms with E-state index >= 15 is 0 Å². The maximum atomic E-state index is 14.2. The highest BCUT2D eigenvalue weighted by atomic mass is 32.1. The first-order valence-corrected chi connectivity index (χ1v) is 10.2. The van der Waals surface area contributed by atoms with Crippen LogP contribution in [0.15, 0.2) is 54.6 Å². The maximum Gasteiger partial charge on any atom is 0.278 e. The Morgan fingerprint density at radius 1 is 1.17 bits per heavy atom. The number of nitrogens with zero attached hydrogens (tertiary/aromatic N) is 4. The Morgan fingerprint density at radius 3 is 2.62 bits per heavy atom. The van der Waals surface area contributed by atoms with Crippen molar-refractivity contribution in [3.8, 4) is 0 Å². The van der Waals surface area contributed by atoms with Crippen molar-refractivity contribution in [2.75, 3.05) is 4.90 Å². The van der Waals surface area contributed by atoms with Crippen molar-refractivity contribution in [3.63, 3.8) is 0 Å². The molecule has 0 aliphatic carbocycles. The minimum absolute atomic E-state index is 0.0361. The molecule has 0 bridgehead atoms. The topological polar surface area (TPSA) is 51.0 Å². The van der Waals surface area contributed by atoms with Crippen molar-refractivity contribution < 1.29 is 9.18 Å². The summed E-state index contributed by atoms with van der Waals surface area (Å²) in [6.45, 7) is 6.17. The Morgan fingerprint density at radius 2 is 1.93 bits per heavy atom. The average molecular weight is 409 g/mol. The summed E-state index contributed by atoms with van der Waals surface area (Å²) in [6, 6.07) is 16.4. The molecular weight excluding hydrogens is 387 g/mol. The standard InChI is InChI=1S/C22H21FN4OS/c1-14(2)27-18(12-15(3)25-27)21(28)26(13-16-8-5-4-6-9-16)22-24-20-17(23)10-7-11-19(20)29-22/h4-12,14H,13H2,1-3H3. The molecule has 0 radical (unpaired) electrons. The van der Waals surface area contributed by atoms with Gasteiger partial charge < -0.3 is 0 Å². The Hall–Kier alpha value is -3.06. The molecular formula is C22H21FN4OS. The molecule has 29 heavy (non-hydrogen) atoms. The molecule has 0 atom stereocenters. The number of benzene rings is 2. The Kier molecular flexibility index (Phi) is 5.15. The van der Waals surface area contributed by atoms with Crippen molar-refractivity contribution in [3.05, 3.63) is 77.4 Å². The Balaban J connectivity index is 1.81. The molecule has 0 aliphatic heterocycles. The van der Waals surface area contributed by atoms with E-state index in [0.717, 1.165) is 11.3 Å². The lowest BCUT2D eigenvalue weighted by molar-refractivity contribution is 0.0973. The van der Waals surface area contributed by atoms with E-state index in [9.17, 15) is 9.18 Å². The Labute approximate surface area is 172 Å². The van der Waals surface area contributed by atoms with Crippen LogP contribution >= 0.6 is 11.3 Å². The van der Waals surface area contributed by atoms with Gasteiger partial charge in [0.15, 0.2) is 5.13 Å². The fourth-order valence-electron chi connectivity index (χ4n) is 3.22. The zero-order chi connectivity index (χ0) is 20.5. The molecule has 2 aromatic carbocycles. The summed E-state index contributed by atoms with van der Waals surface area (Å²) in [7, 11) is 0. The van der Waals surface area contributed by atoms with E-state index < -0.39 is 0 Å². The smallest absolute Gasteiger partial charge is 0.278 e. The molecule has 2 heterocycles. The number of rotatable bonds is 5. The molecule has 4 aromatic rings. The van der Waals surface area contributed by atoms with Crippen molar-refractivity contribution in [2.45, 2.75) is 33.4 Å². The maximum absolute atomic E-state index is 14.2. The van der Waals surface area contributed by atoms with Crippen LogP contribution in [0, 0.1) is 12.7 Å². The first kappa shape index (κ1) is 19.3. The molecule has 0 unspecified atom stereocenters. The molecule has 148 valence electrons. The molecule has 0 fully saturated rings. The molecule has 1 amide bonds. The van der Waals surface area contributed by atoms with Gasteiger partial charge in [0.1, 0.15) is 17.0 Å². The quantitative estimate of drug-likeness (QED) is 0.446. The van der Waals surface area contributed by atoms with Crippen LogP contribution < -0.4 is 4.90 Å². The average Bonchev–Trinajstić information content (AvgIpc) is 3.31. The van der Waals surface area contributed by atoms with E-state index in [0.29, 0.717) is 22.1 Å². The van der Waals surface area contributed by atoms with E-state index in [-0.39, 0.29) is 23.3 Å². The number of hydrogen-bond acceptors (Lipinski definition) is 4. The second kappa shape index (κ2) is 7.75. The van der Waals surface area contributed by atoms with Gasteiger partial charge in [-0.25, -0.2) is 9.37 Å². The zero-order valence-corrected chi connectivity index (χ0v) is 17.3. The molecule has 5 nitrogen and oxygen atoms in total. The van der Waals surface area contributed by atoms with Gasteiger partial charge in [0, 0.05) is 6.04 Å². The van der Waals surface area contributed by atoms with E-state index in [1.807, 2.05) is 57.2 Å². The van der Waals surface area contributed by atoms with E-state index in [1.54, 1.807) is 21.7 Å². The first-order valence-electron chi connectivity index (χ1n) is 9.41. The van der Waals surface area contributed by atoms with Gasteiger partial charge in [0.25, 0.3) is 5.91 Å². The predicted octanol–water partition coefficient (Wildman–Crippen LogP) is 5.37. The SMILES string of the molecule is Cc1cc(C(=O)N(Cc2ccccc2)c2nc3c(F)cccc3s2)n(C(C)C)n1. The molecule has 0 saturated carbocycles. The van der Waals surface area contributed by atoms with Gasteiger partial charge in [-0.15, -0.1) is 0 Å². The second-order valence-corrected chi connectivity index (χ2v) is 8.18. The van der Waals surface area contributed by atoms with Crippen LogP contribution in [0.4, 0.5) is 9.52 Å². The number of carbonyl (C=O) groups excluding carboxylic acids is 1. The minimum atomic E-state index is -0.389. The summed E-state index contributed by atoms with van der Waals surface area (Å²) in [5.41, 5.74) is 2.52. The van der Waals surface area contributed by atoms with E-state index in [2.05, 4.69) is 10.1 Å². The lowest BCUT2D eigenvalue weighted by Gasteiger charge is -2.21. The molecule has 2 aromatic heterocycles. The van der Waals surface area contributed by atoms with Gasteiger partial charge in [-0.3, -0.25) is 14.4 Å². The highest BCUT2D eigenvalue weighted by Crippen LogP contribution is 2.32. The van der Waals surface area contributed by atoms with Crippen LogP contribution in [-0.2, 0) is 6.54 Å². The van der Waals surface area contributed by atoms with Crippen molar-refractivity contribution >= 4 is 32.6 Å². The van der Waals surface area contributed by atoms with Gasteiger partial charge in [-0.05, 0) is 44.5 Å². The second-order valence-electron chi connectivity index (χ2n) is 7.17.